The average molecular weight is 248 g/mol. The number of hydrogen-bond acceptors (Lipinski definition) is 5. The summed E-state index contributed by atoms with van der Waals surface area (Å²) in [5.41, 5.74) is 4.53. The summed E-state index contributed by atoms with van der Waals surface area (Å²) >= 11 is 0. The van der Waals surface area contributed by atoms with Crippen LogP contribution in [0.25, 0.3) is 0 Å². The highest BCUT2D eigenvalue weighted by molar-refractivity contribution is 7.91. The van der Waals surface area contributed by atoms with Gasteiger partial charge < -0.3 is 10.8 Å². The molecule has 0 bridgehead atoms. The van der Waals surface area contributed by atoms with Crippen molar-refractivity contribution in [1.82, 2.24) is 4.90 Å². The molecule has 3 N–H and O–H groups in total. The highest BCUT2D eigenvalue weighted by Gasteiger charge is 2.45. The summed E-state index contributed by atoms with van der Waals surface area (Å²) in [5, 5.41) is 8.97. The third-order valence-electron chi connectivity index (χ3n) is 3.48. The Morgan fingerprint density at radius 2 is 2.19 bits per heavy atom. The summed E-state index contributed by atoms with van der Waals surface area (Å²) in [5.74, 6) is -0.655. The number of hydrogen-bond donors (Lipinski definition) is 2. The minimum Gasteiger partial charge on any atom is -0.480 e. The van der Waals surface area contributed by atoms with Crippen molar-refractivity contribution in [2.45, 2.75) is 24.4 Å². The Labute approximate surface area is 94.3 Å². The lowest BCUT2D eigenvalue weighted by Gasteiger charge is -2.24. The van der Waals surface area contributed by atoms with Crippen molar-refractivity contribution < 1.29 is 18.3 Å². The van der Waals surface area contributed by atoms with Crippen molar-refractivity contribution >= 4 is 15.8 Å². The second-order valence-corrected chi connectivity index (χ2v) is 6.97. The average Bonchev–Trinajstić information content (AvgIpc) is 2.70. The summed E-state index contributed by atoms with van der Waals surface area (Å²) in [6.07, 6.45) is 0.983. The zero-order chi connectivity index (χ0) is 12.0. The van der Waals surface area contributed by atoms with E-state index in [-0.39, 0.29) is 24.1 Å². The summed E-state index contributed by atoms with van der Waals surface area (Å²) < 4.78 is 22.6. The second kappa shape index (κ2) is 3.68. The monoisotopic (exact) mass is 248 g/mol. The number of aliphatic carboxylic acids is 1. The Kier molecular flexibility index (Phi) is 2.72. The molecule has 0 aromatic carbocycles. The topological polar surface area (TPSA) is 101 Å². The van der Waals surface area contributed by atoms with Crippen LogP contribution in [0.5, 0.6) is 0 Å². The number of carboxylic acid groups (broad SMARTS) is 1. The summed E-state index contributed by atoms with van der Waals surface area (Å²) in [7, 11) is -2.92. The van der Waals surface area contributed by atoms with E-state index in [0.717, 1.165) is 0 Å². The van der Waals surface area contributed by atoms with Gasteiger partial charge in [0.2, 0.25) is 0 Å². The number of carbonyl (C=O) groups is 1. The van der Waals surface area contributed by atoms with E-state index in [1.807, 2.05) is 4.90 Å². The molecule has 0 amide bonds. The van der Waals surface area contributed by atoms with Crippen LogP contribution in [0, 0.1) is 0 Å². The fourth-order valence-corrected chi connectivity index (χ4v) is 4.17. The number of sulfone groups is 1. The first kappa shape index (κ1) is 11.8. The molecule has 2 rings (SSSR count). The van der Waals surface area contributed by atoms with Crippen LogP contribution in [0.2, 0.25) is 0 Å². The molecule has 2 unspecified atom stereocenters. The Morgan fingerprint density at radius 3 is 2.62 bits per heavy atom. The van der Waals surface area contributed by atoms with Crippen LogP contribution < -0.4 is 5.73 Å². The fourth-order valence-electron chi connectivity index (χ4n) is 2.41. The van der Waals surface area contributed by atoms with Gasteiger partial charge in [-0.05, 0) is 12.8 Å². The largest absolute Gasteiger partial charge is 0.480 e. The minimum absolute atomic E-state index is 0.0465. The molecule has 2 atom stereocenters. The number of likely N-dealkylation sites (tertiary alicyclic amines) is 1. The first-order chi connectivity index (χ1) is 7.32. The second-order valence-electron chi connectivity index (χ2n) is 4.74. The van der Waals surface area contributed by atoms with Gasteiger partial charge in [-0.3, -0.25) is 9.69 Å². The Hall–Kier alpha value is -0.660. The number of nitrogens with zero attached hydrogens (tertiary/aromatic N) is 1. The van der Waals surface area contributed by atoms with E-state index >= 15 is 0 Å². The molecule has 2 heterocycles. The van der Waals surface area contributed by atoms with Crippen LogP contribution in [0.1, 0.15) is 12.8 Å². The molecule has 0 aromatic rings. The highest BCUT2D eigenvalue weighted by atomic mass is 32.2. The first-order valence-electron chi connectivity index (χ1n) is 5.29. The molecule has 6 nitrogen and oxygen atoms in total. The van der Waals surface area contributed by atoms with Crippen molar-refractivity contribution in [2.75, 3.05) is 24.6 Å². The predicted molar refractivity (Wildman–Crippen MR) is 57.8 cm³/mol. The molecule has 2 aliphatic heterocycles. The van der Waals surface area contributed by atoms with E-state index in [9.17, 15) is 13.2 Å². The molecule has 2 fully saturated rings. The van der Waals surface area contributed by atoms with Crippen LogP contribution in [-0.4, -0.2) is 60.6 Å². The predicted octanol–water partition coefficient (Wildman–Crippen LogP) is -1.34. The number of carboxylic acids is 1. The van der Waals surface area contributed by atoms with Crippen molar-refractivity contribution in [1.29, 1.82) is 0 Å². The smallest absolute Gasteiger partial charge is 0.325 e. The van der Waals surface area contributed by atoms with E-state index in [2.05, 4.69) is 0 Å². The van der Waals surface area contributed by atoms with Gasteiger partial charge in [-0.2, -0.15) is 0 Å². The zero-order valence-corrected chi connectivity index (χ0v) is 9.74. The van der Waals surface area contributed by atoms with E-state index in [1.165, 1.54) is 0 Å². The van der Waals surface area contributed by atoms with E-state index < -0.39 is 21.3 Å². The van der Waals surface area contributed by atoms with Gasteiger partial charge in [0.15, 0.2) is 9.84 Å². The standard InChI is InChI=1S/C9H16N2O4S/c10-9(8(12)13)2-3-11(6-9)7-1-4-16(14,15)5-7/h7H,1-6,10H2,(H,12,13). The lowest BCUT2D eigenvalue weighted by Crippen LogP contribution is -2.51. The zero-order valence-electron chi connectivity index (χ0n) is 8.92. The summed E-state index contributed by atoms with van der Waals surface area (Å²) in [6, 6.07) is -0.0465. The molecule has 2 saturated heterocycles. The van der Waals surface area contributed by atoms with E-state index in [4.69, 9.17) is 10.8 Å². The SMILES string of the molecule is NC1(C(=O)O)CCN(C2CCS(=O)(=O)C2)C1. The molecule has 92 valence electrons. The van der Waals surface area contributed by atoms with Crippen LogP contribution in [0.3, 0.4) is 0 Å². The molecular weight excluding hydrogens is 232 g/mol. The molecule has 16 heavy (non-hydrogen) atoms. The van der Waals surface area contributed by atoms with Gasteiger partial charge in [0, 0.05) is 19.1 Å². The van der Waals surface area contributed by atoms with Crippen molar-refractivity contribution in [3.05, 3.63) is 0 Å². The van der Waals surface area contributed by atoms with Crippen LogP contribution in [-0.2, 0) is 14.6 Å². The summed E-state index contributed by atoms with van der Waals surface area (Å²) in [6.45, 7) is 0.825. The van der Waals surface area contributed by atoms with Gasteiger partial charge in [0.1, 0.15) is 5.54 Å². The van der Waals surface area contributed by atoms with Gasteiger partial charge in [0.05, 0.1) is 11.5 Å². The third-order valence-corrected chi connectivity index (χ3v) is 5.23. The normalized spacial score (nSPS) is 38.9. The van der Waals surface area contributed by atoms with Crippen LogP contribution >= 0.6 is 0 Å². The van der Waals surface area contributed by atoms with Gasteiger partial charge >= 0.3 is 5.97 Å². The van der Waals surface area contributed by atoms with Crippen molar-refractivity contribution in [3.63, 3.8) is 0 Å². The fraction of sp³-hybridized carbons (Fsp3) is 0.889. The lowest BCUT2D eigenvalue weighted by atomic mass is 10.0. The third kappa shape index (κ3) is 2.07. The molecule has 0 aromatic heterocycles. The first-order valence-corrected chi connectivity index (χ1v) is 7.11. The van der Waals surface area contributed by atoms with E-state index in [0.29, 0.717) is 19.4 Å². The molecule has 0 saturated carbocycles. The van der Waals surface area contributed by atoms with Crippen LogP contribution in [0.4, 0.5) is 0 Å². The lowest BCUT2D eigenvalue weighted by molar-refractivity contribution is -0.142. The Bertz CT molecular complexity index is 408. The molecule has 0 spiro atoms. The molecule has 2 aliphatic rings. The molecule has 7 heteroatoms. The van der Waals surface area contributed by atoms with Crippen molar-refractivity contribution in [3.8, 4) is 0 Å². The van der Waals surface area contributed by atoms with Gasteiger partial charge in [-0.15, -0.1) is 0 Å². The van der Waals surface area contributed by atoms with E-state index in [1.54, 1.807) is 0 Å². The maximum absolute atomic E-state index is 11.3. The number of nitrogens with two attached hydrogens (primary N) is 1. The van der Waals surface area contributed by atoms with Gasteiger partial charge in [-0.1, -0.05) is 0 Å². The van der Waals surface area contributed by atoms with Crippen molar-refractivity contribution in [2.24, 2.45) is 5.73 Å². The van der Waals surface area contributed by atoms with Gasteiger partial charge in [0.25, 0.3) is 0 Å². The highest BCUT2D eigenvalue weighted by Crippen LogP contribution is 2.26. The minimum atomic E-state index is -2.92. The number of rotatable bonds is 2. The van der Waals surface area contributed by atoms with Crippen LogP contribution in [0.15, 0.2) is 0 Å². The Balaban J connectivity index is 2.03. The summed E-state index contributed by atoms with van der Waals surface area (Å²) in [4.78, 5) is 12.8. The molecule has 0 aliphatic carbocycles. The maximum atomic E-state index is 11.3. The molecule has 0 radical (unpaired) electrons. The van der Waals surface area contributed by atoms with Gasteiger partial charge in [-0.25, -0.2) is 8.42 Å². The molecular formula is C9H16N2O4S. The Morgan fingerprint density at radius 1 is 1.50 bits per heavy atom. The maximum Gasteiger partial charge on any atom is 0.325 e. The quantitative estimate of drug-likeness (QED) is 0.627.